The first-order chi connectivity index (χ1) is 9.99. The summed E-state index contributed by atoms with van der Waals surface area (Å²) in [5.74, 6) is -1.84. The highest BCUT2D eigenvalue weighted by atomic mass is 19.2. The number of nitrogens with zero attached hydrogens (tertiary/aromatic N) is 2. The average Bonchev–Trinajstić information content (AvgIpc) is 2.85. The number of aliphatic hydroxyl groups excluding tert-OH is 1. The normalized spacial score (nSPS) is 21.1. The number of rotatable bonds is 6. The van der Waals surface area contributed by atoms with Crippen LogP contribution >= 0.6 is 0 Å². The van der Waals surface area contributed by atoms with Gasteiger partial charge < -0.3 is 10.0 Å². The van der Waals surface area contributed by atoms with Crippen LogP contribution < -0.4 is 0 Å². The van der Waals surface area contributed by atoms with E-state index in [0.717, 1.165) is 32.0 Å². The molecule has 0 spiro atoms. The molecule has 21 heavy (non-hydrogen) atoms. The third-order valence-corrected chi connectivity index (χ3v) is 4.11. The summed E-state index contributed by atoms with van der Waals surface area (Å²) in [4.78, 5) is 4.49. The molecule has 2 rings (SSSR count). The molecule has 1 aliphatic rings. The van der Waals surface area contributed by atoms with Gasteiger partial charge in [-0.2, -0.15) is 0 Å². The van der Waals surface area contributed by atoms with Crippen LogP contribution in [0.5, 0.6) is 0 Å². The summed E-state index contributed by atoms with van der Waals surface area (Å²) in [5.41, 5.74) is 0.0540. The SMILES string of the molecule is CN(C)CC1CCCN1CCC(O)c1cccc(F)c1F. The molecule has 1 saturated heterocycles. The van der Waals surface area contributed by atoms with E-state index in [1.54, 1.807) is 0 Å². The van der Waals surface area contributed by atoms with Gasteiger partial charge in [0.1, 0.15) is 0 Å². The van der Waals surface area contributed by atoms with Gasteiger partial charge in [-0.15, -0.1) is 0 Å². The molecule has 3 nitrogen and oxygen atoms in total. The Bertz CT molecular complexity index is 468. The van der Waals surface area contributed by atoms with Crippen LogP contribution in [-0.2, 0) is 0 Å². The Morgan fingerprint density at radius 1 is 1.38 bits per heavy atom. The Labute approximate surface area is 125 Å². The van der Waals surface area contributed by atoms with Crippen LogP contribution in [0.2, 0.25) is 0 Å². The predicted octanol–water partition coefficient (Wildman–Crippen LogP) is 2.41. The van der Waals surface area contributed by atoms with E-state index in [2.05, 4.69) is 9.80 Å². The van der Waals surface area contributed by atoms with E-state index in [1.807, 2.05) is 14.1 Å². The Morgan fingerprint density at radius 3 is 2.86 bits per heavy atom. The summed E-state index contributed by atoms with van der Waals surface area (Å²) >= 11 is 0. The van der Waals surface area contributed by atoms with Gasteiger partial charge in [-0.1, -0.05) is 12.1 Å². The van der Waals surface area contributed by atoms with E-state index in [4.69, 9.17) is 0 Å². The fraction of sp³-hybridized carbons (Fsp3) is 0.625. The molecule has 0 aromatic heterocycles. The van der Waals surface area contributed by atoms with Gasteiger partial charge in [0.25, 0.3) is 0 Å². The van der Waals surface area contributed by atoms with Gasteiger partial charge in [0.05, 0.1) is 6.10 Å². The molecule has 1 aromatic carbocycles. The van der Waals surface area contributed by atoms with E-state index < -0.39 is 17.7 Å². The second-order valence-electron chi connectivity index (χ2n) is 6.04. The molecule has 0 aliphatic carbocycles. The van der Waals surface area contributed by atoms with Crippen molar-refractivity contribution in [1.29, 1.82) is 0 Å². The number of aliphatic hydroxyl groups is 1. The molecule has 5 heteroatoms. The number of likely N-dealkylation sites (N-methyl/N-ethyl adjacent to an activating group) is 1. The second kappa shape index (κ2) is 7.29. The Morgan fingerprint density at radius 2 is 2.14 bits per heavy atom. The Hall–Kier alpha value is -1.04. The summed E-state index contributed by atoms with van der Waals surface area (Å²) < 4.78 is 26.8. The summed E-state index contributed by atoms with van der Waals surface area (Å²) in [7, 11) is 4.10. The van der Waals surface area contributed by atoms with Crippen molar-refractivity contribution in [2.45, 2.75) is 31.4 Å². The van der Waals surface area contributed by atoms with Crippen molar-refractivity contribution >= 4 is 0 Å². The largest absolute Gasteiger partial charge is 0.388 e. The third kappa shape index (κ3) is 4.22. The van der Waals surface area contributed by atoms with Crippen LogP contribution in [0.1, 0.15) is 30.9 Å². The van der Waals surface area contributed by atoms with E-state index in [1.165, 1.54) is 12.1 Å². The van der Waals surface area contributed by atoms with E-state index >= 15 is 0 Å². The van der Waals surface area contributed by atoms with Crippen molar-refractivity contribution < 1.29 is 13.9 Å². The highest BCUT2D eigenvalue weighted by Gasteiger charge is 2.25. The first kappa shape index (κ1) is 16.3. The molecule has 1 N–H and O–H groups in total. The molecule has 1 heterocycles. The minimum atomic E-state index is -0.957. The van der Waals surface area contributed by atoms with Crippen LogP contribution in [0.3, 0.4) is 0 Å². The summed E-state index contributed by atoms with van der Waals surface area (Å²) in [6.45, 7) is 2.71. The quantitative estimate of drug-likeness (QED) is 0.874. The molecule has 0 radical (unpaired) electrons. The van der Waals surface area contributed by atoms with Crippen molar-refractivity contribution in [3.8, 4) is 0 Å². The van der Waals surface area contributed by atoms with E-state index in [-0.39, 0.29) is 5.56 Å². The van der Waals surface area contributed by atoms with Crippen molar-refractivity contribution in [2.24, 2.45) is 0 Å². The maximum atomic E-state index is 13.6. The fourth-order valence-electron chi connectivity index (χ4n) is 3.04. The number of likely N-dealkylation sites (tertiary alicyclic amines) is 1. The topological polar surface area (TPSA) is 26.7 Å². The molecular formula is C16H24F2N2O. The monoisotopic (exact) mass is 298 g/mol. The third-order valence-electron chi connectivity index (χ3n) is 4.11. The number of hydrogen-bond acceptors (Lipinski definition) is 3. The minimum absolute atomic E-state index is 0.0540. The highest BCUT2D eigenvalue weighted by molar-refractivity contribution is 5.21. The van der Waals surface area contributed by atoms with Crippen molar-refractivity contribution in [1.82, 2.24) is 9.80 Å². The summed E-state index contributed by atoms with van der Waals surface area (Å²) in [6, 6.07) is 4.44. The fourth-order valence-corrected chi connectivity index (χ4v) is 3.04. The maximum absolute atomic E-state index is 13.6. The van der Waals surface area contributed by atoms with E-state index in [0.29, 0.717) is 19.0 Å². The van der Waals surface area contributed by atoms with Crippen LogP contribution in [0.4, 0.5) is 8.78 Å². The average molecular weight is 298 g/mol. The lowest BCUT2D eigenvalue weighted by molar-refractivity contribution is 0.127. The predicted molar refractivity (Wildman–Crippen MR) is 79.1 cm³/mol. The summed E-state index contributed by atoms with van der Waals surface area (Å²) in [5, 5.41) is 10.1. The standard InChI is InChI=1S/C16H24F2N2O/c1-19(2)11-12-5-4-9-20(12)10-8-15(21)13-6-3-7-14(17)16(13)18/h3,6-7,12,15,21H,4-5,8-11H2,1-2H3. The van der Waals surface area contributed by atoms with Crippen molar-refractivity contribution in [3.63, 3.8) is 0 Å². The lowest BCUT2D eigenvalue weighted by Crippen LogP contribution is -2.38. The number of halogens is 2. The van der Waals surface area contributed by atoms with Gasteiger partial charge in [-0.25, -0.2) is 8.78 Å². The first-order valence-electron chi connectivity index (χ1n) is 7.49. The zero-order chi connectivity index (χ0) is 15.4. The van der Waals surface area contributed by atoms with Gasteiger partial charge >= 0.3 is 0 Å². The second-order valence-corrected chi connectivity index (χ2v) is 6.04. The minimum Gasteiger partial charge on any atom is -0.388 e. The van der Waals surface area contributed by atoms with Gasteiger partial charge in [-0.3, -0.25) is 4.90 Å². The molecule has 1 aromatic rings. The Balaban J connectivity index is 1.91. The van der Waals surface area contributed by atoms with Gasteiger partial charge in [0.2, 0.25) is 0 Å². The lowest BCUT2D eigenvalue weighted by atomic mass is 10.1. The van der Waals surface area contributed by atoms with Gasteiger partial charge in [0.15, 0.2) is 11.6 Å². The van der Waals surface area contributed by atoms with Crippen molar-refractivity contribution in [2.75, 3.05) is 33.7 Å². The molecule has 118 valence electrons. The first-order valence-corrected chi connectivity index (χ1v) is 7.49. The smallest absolute Gasteiger partial charge is 0.164 e. The molecule has 0 amide bonds. The molecule has 2 atom stereocenters. The van der Waals surface area contributed by atoms with E-state index in [9.17, 15) is 13.9 Å². The molecule has 0 saturated carbocycles. The maximum Gasteiger partial charge on any atom is 0.164 e. The molecule has 0 bridgehead atoms. The van der Waals surface area contributed by atoms with Crippen LogP contribution in [0.25, 0.3) is 0 Å². The summed E-state index contributed by atoms with van der Waals surface area (Å²) in [6.07, 6.45) is 1.77. The van der Waals surface area contributed by atoms with Crippen LogP contribution in [0.15, 0.2) is 18.2 Å². The van der Waals surface area contributed by atoms with Crippen LogP contribution in [0, 0.1) is 11.6 Å². The molecule has 2 unspecified atom stereocenters. The zero-order valence-corrected chi connectivity index (χ0v) is 12.7. The molecule has 1 aliphatic heterocycles. The molecule has 1 fully saturated rings. The number of hydrogen-bond donors (Lipinski definition) is 1. The highest BCUT2D eigenvalue weighted by Crippen LogP contribution is 2.24. The van der Waals surface area contributed by atoms with Crippen molar-refractivity contribution in [3.05, 3.63) is 35.4 Å². The Kier molecular flexibility index (Phi) is 5.67. The zero-order valence-electron chi connectivity index (χ0n) is 12.7. The lowest BCUT2D eigenvalue weighted by Gasteiger charge is -2.27. The molecular weight excluding hydrogens is 274 g/mol. The van der Waals surface area contributed by atoms with Gasteiger partial charge in [-0.05, 0) is 46.0 Å². The van der Waals surface area contributed by atoms with Gasteiger partial charge in [0, 0.05) is 24.7 Å². The van der Waals surface area contributed by atoms with Crippen LogP contribution in [-0.4, -0.2) is 54.7 Å². The number of benzene rings is 1.